The van der Waals surface area contributed by atoms with Gasteiger partial charge in [0.15, 0.2) is 0 Å². The molecule has 0 amide bonds. The number of nitrogens with zero attached hydrogens (tertiary/aromatic N) is 1. The Hall–Kier alpha value is -1.71. The summed E-state index contributed by atoms with van der Waals surface area (Å²) in [5.41, 5.74) is 0.870. The molecule has 0 aromatic heterocycles. The maximum Gasteiger partial charge on any atom is 0.211 e. The predicted molar refractivity (Wildman–Crippen MR) is 65.5 cm³/mol. The van der Waals surface area contributed by atoms with Crippen molar-refractivity contribution >= 4 is 6.29 Å². The van der Waals surface area contributed by atoms with Crippen molar-refractivity contribution in [3.05, 3.63) is 46.0 Å². The number of nitro groups is 1. The Balaban J connectivity index is 2.93. The SMILES string of the molecule is CCC[C@H](C=O)[C@@H](C[N+](=O)[O-])c1ccccc1. The maximum absolute atomic E-state index is 11.1. The summed E-state index contributed by atoms with van der Waals surface area (Å²) in [7, 11) is 0. The zero-order valence-electron chi connectivity index (χ0n) is 9.91. The second-order valence-electron chi connectivity index (χ2n) is 4.12. The molecule has 0 saturated heterocycles. The Labute approximate surface area is 101 Å². The van der Waals surface area contributed by atoms with E-state index >= 15 is 0 Å². The van der Waals surface area contributed by atoms with Gasteiger partial charge in [0.05, 0.1) is 5.92 Å². The van der Waals surface area contributed by atoms with Gasteiger partial charge in [-0.3, -0.25) is 10.1 Å². The molecule has 0 radical (unpaired) electrons. The smallest absolute Gasteiger partial charge is 0.211 e. The van der Waals surface area contributed by atoms with Crippen molar-refractivity contribution in [1.82, 2.24) is 0 Å². The highest BCUT2D eigenvalue weighted by atomic mass is 16.6. The van der Waals surface area contributed by atoms with Gasteiger partial charge in [-0.25, -0.2) is 0 Å². The van der Waals surface area contributed by atoms with E-state index in [0.29, 0.717) is 6.42 Å². The van der Waals surface area contributed by atoms with Crippen molar-refractivity contribution in [2.45, 2.75) is 25.7 Å². The van der Waals surface area contributed by atoms with Gasteiger partial charge in [-0.15, -0.1) is 0 Å². The summed E-state index contributed by atoms with van der Waals surface area (Å²) < 4.78 is 0. The van der Waals surface area contributed by atoms with Crippen molar-refractivity contribution in [2.24, 2.45) is 5.92 Å². The minimum absolute atomic E-state index is 0.187. The van der Waals surface area contributed by atoms with Crippen molar-refractivity contribution in [1.29, 1.82) is 0 Å². The summed E-state index contributed by atoms with van der Waals surface area (Å²) in [6.07, 6.45) is 2.39. The zero-order valence-corrected chi connectivity index (χ0v) is 9.91. The van der Waals surface area contributed by atoms with Crippen LogP contribution in [0.3, 0.4) is 0 Å². The van der Waals surface area contributed by atoms with Crippen LogP contribution in [-0.2, 0) is 4.79 Å². The molecule has 0 aliphatic carbocycles. The summed E-state index contributed by atoms with van der Waals surface area (Å²) in [5, 5.41) is 10.7. The lowest BCUT2D eigenvalue weighted by Gasteiger charge is -2.19. The number of benzene rings is 1. The van der Waals surface area contributed by atoms with Gasteiger partial charge >= 0.3 is 0 Å². The lowest BCUT2D eigenvalue weighted by atomic mass is 9.84. The standard InChI is InChI=1S/C13H17NO3/c1-2-6-12(10-15)13(9-14(16)17)11-7-4-3-5-8-11/h3-5,7-8,10,12-13H,2,6,9H2,1H3/t12-,13+/m1/s1. The van der Waals surface area contributed by atoms with Gasteiger partial charge in [0.1, 0.15) is 6.29 Å². The van der Waals surface area contributed by atoms with E-state index < -0.39 is 0 Å². The van der Waals surface area contributed by atoms with E-state index in [0.717, 1.165) is 18.3 Å². The molecule has 0 aliphatic rings. The van der Waals surface area contributed by atoms with Crippen molar-refractivity contribution in [3.8, 4) is 0 Å². The third kappa shape index (κ3) is 3.98. The van der Waals surface area contributed by atoms with E-state index in [-0.39, 0.29) is 23.3 Å². The van der Waals surface area contributed by atoms with Crippen LogP contribution in [0.25, 0.3) is 0 Å². The lowest BCUT2D eigenvalue weighted by molar-refractivity contribution is -0.484. The molecule has 1 rings (SSSR count). The van der Waals surface area contributed by atoms with E-state index in [1.54, 1.807) is 0 Å². The first-order valence-electron chi connectivity index (χ1n) is 5.81. The minimum atomic E-state index is -0.343. The first kappa shape index (κ1) is 13.4. The lowest BCUT2D eigenvalue weighted by Crippen LogP contribution is -2.22. The predicted octanol–water partition coefficient (Wildman–Crippen LogP) is 2.66. The highest BCUT2D eigenvalue weighted by molar-refractivity contribution is 5.56. The Morgan fingerprint density at radius 1 is 1.35 bits per heavy atom. The molecule has 2 atom stereocenters. The zero-order chi connectivity index (χ0) is 12.7. The van der Waals surface area contributed by atoms with Gasteiger partial charge < -0.3 is 4.79 Å². The van der Waals surface area contributed by atoms with Crippen LogP contribution in [0.1, 0.15) is 31.2 Å². The molecule has 0 aliphatic heterocycles. The van der Waals surface area contributed by atoms with E-state index in [2.05, 4.69) is 0 Å². The average Bonchev–Trinajstić information content (AvgIpc) is 2.34. The fourth-order valence-corrected chi connectivity index (χ4v) is 2.05. The third-order valence-corrected chi connectivity index (χ3v) is 2.89. The average molecular weight is 235 g/mol. The van der Waals surface area contributed by atoms with Crippen LogP contribution in [0.2, 0.25) is 0 Å². The third-order valence-electron chi connectivity index (χ3n) is 2.89. The number of aldehydes is 1. The quantitative estimate of drug-likeness (QED) is 0.414. The van der Waals surface area contributed by atoms with Gasteiger partial charge in [0.2, 0.25) is 6.54 Å². The molecule has 0 heterocycles. The summed E-state index contributed by atoms with van der Waals surface area (Å²) in [6.45, 7) is 1.79. The number of hydrogen-bond donors (Lipinski definition) is 0. The molecular formula is C13H17NO3. The molecule has 0 fully saturated rings. The monoisotopic (exact) mass is 235 g/mol. The van der Waals surface area contributed by atoms with Crippen molar-refractivity contribution < 1.29 is 9.72 Å². The van der Waals surface area contributed by atoms with Crippen LogP contribution in [0, 0.1) is 16.0 Å². The second-order valence-corrected chi connectivity index (χ2v) is 4.12. The van der Waals surface area contributed by atoms with Crippen LogP contribution < -0.4 is 0 Å². The maximum atomic E-state index is 11.1. The van der Waals surface area contributed by atoms with Crippen molar-refractivity contribution in [3.63, 3.8) is 0 Å². The number of hydrogen-bond acceptors (Lipinski definition) is 3. The number of rotatable bonds is 7. The highest BCUT2D eigenvalue weighted by Crippen LogP contribution is 2.27. The molecule has 0 N–H and O–H groups in total. The number of carbonyl (C=O) groups is 1. The minimum Gasteiger partial charge on any atom is -0.303 e. The Morgan fingerprint density at radius 3 is 2.47 bits per heavy atom. The Morgan fingerprint density at radius 2 is 2.00 bits per heavy atom. The molecule has 1 aromatic carbocycles. The van der Waals surface area contributed by atoms with E-state index in [1.165, 1.54) is 0 Å². The molecule has 4 nitrogen and oxygen atoms in total. The summed E-state index contributed by atoms with van der Waals surface area (Å²) >= 11 is 0. The van der Waals surface area contributed by atoms with Crippen LogP contribution in [0.5, 0.6) is 0 Å². The Kier molecular flexibility index (Phi) is 5.33. The fourth-order valence-electron chi connectivity index (χ4n) is 2.05. The molecule has 92 valence electrons. The van der Waals surface area contributed by atoms with Crippen molar-refractivity contribution in [2.75, 3.05) is 6.54 Å². The van der Waals surface area contributed by atoms with Gasteiger partial charge in [-0.2, -0.15) is 0 Å². The van der Waals surface area contributed by atoms with Gasteiger partial charge in [-0.05, 0) is 12.0 Å². The largest absolute Gasteiger partial charge is 0.303 e. The van der Waals surface area contributed by atoms with Crippen LogP contribution in [-0.4, -0.2) is 17.8 Å². The normalized spacial score (nSPS) is 13.9. The van der Waals surface area contributed by atoms with E-state index in [4.69, 9.17) is 0 Å². The summed E-state index contributed by atoms with van der Waals surface area (Å²) in [6, 6.07) is 9.25. The first-order valence-corrected chi connectivity index (χ1v) is 5.81. The second kappa shape index (κ2) is 6.78. The molecular weight excluding hydrogens is 218 g/mol. The number of carbonyl (C=O) groups excluding carboxylic acids is 1. The van der Waals surface area contributed by atoms with Gasteiger partial charge in [0.25, 0.3) is 0 Å². The molecule has 0 saturated carbocycles. The van der Waals surface area contributed by atoms with E-state index in [9.17, 15) is 14.9 Å². The summed E-state index contributed by atoms with van der Waals surface area (Å²) in [4.78, 5) is 21.4. The molecule has 0 spiro atoms. The summed E-state index contributed by atoms with van der Waals surface area (Å²) in [5.74, 6) is -0.587. The molecule has 17 heavy (non-hydrogen) atoms. The topological polar surface area (TPSA) is 60.2 Å². The van der Waals surface area contributed by atoms with E-state index in [1.807, 2.05) is 37.3 Å². The van der Waals surface area contributed by atoms with Crippen LogP contribution >= 0.6 is 0 Å². The molecule has 0 unspecified atom stereocenters. The Bertz CT molecular complexity index is 364. The van der Waals surface area contributed by atoms with Gasteiger partial charge in [0, 0.05) is 10.8 Å². The molecule has 0 bridgehead atoms. The van der Waals surface area contributed by atoms with Gasteiger partial charge in [-0.1, -0.05) is 43.7 Å². The first-order chi connectivity index (χ1) is 8.19. The fraction of sp³-hybridized carbons (Fsp3) is 0.462. The molecule has 1 aromatic rings. The van der Waals surface area contributed by atoms with Crippen LogP contribution in [0.4, 0.5) is 0 Å². The molecule has 4 heteroatoms. The van der Waals surface area contributed by atoms with Crippen LogP contribution in [0.15, 0.2) is 30.3 Å². The highest BCUT2D eigenvalue weighted by Gasteiger charge is 2.26.